The quantitative estimate of drug-likeness (QED) is 0.778. The van der Waals surface area contributed by atoms with Crippen LogP contribution in [0.4, 0.5) is 5.69 Å². The van der Waals surface area contributed by atoms with Crippen molar-refractivity contribution in [3.8, 4) is 0 Å². The minimum absolute atomic E-state index is 0.215. The van der Waals surface area contributed by atoms with Crippen LogP contribution in [0.1, 0.15) is 26.3 Å². The number of carboxylic acid groups (broad SMARTS) is 1. The Bertz CT molecular complexity index is 546. The van der Waals surface area contributed by atoms with Gasteiger partial charge in [0.15, 0.2) is 8.32 Å². The zero-order valence-electron chi connectivity index (χ0n) is 14.7. The Morgan fingerprint density at radius 1 is 1.30 bits per heavy atom. The Morgan fingerprint density at radius 2 is 1.87 bits per heavy atom. The van der Waals surface area contributed by atoms with Crippen molar-refractivity contribution >= 4 is 20.0 Å². The number of nitrogens with one attached hydrogen (secondary N) is 1. The van der Waals surface area contributed by atoms with E-state index in [4.69, 9.17) is 9.53 Å². The number of hydrogen-bond acceptors (Lipinski definition) is 4. The lowest BCUT2D eigenvalue weighted by Gasteiger charge is -2.37. The fourth-order valence-corrected chi connectivity index (χ4v) is 3.02. The van der Waals surface area contributed by atoms with Crippen LogP contribution < -0.4 is 5.43 Å². The number of rotatable bonds is 6. The van der Waals surface area contributed by atoms with E-state index in [1.54, 1.807) is 0 Å². The largest absolute Gasteiger partial charge is 0.481 e. The summed E-state index contributed by atoms with van der Waals surface area (Å²) in [4.78, 5) is 10.8. The molecular formula is C17H28N2O3Si. The minimum atomic E-state index is -1.72. The van der Waals surface area contributed by atoms with Gasteiger partial charge in [0.25, 0.3) is 0 Å². The highest BCUT2D eigenvalue weighted by Gasteiger charge is 2.37. The zero-order valence-corrected chi connectivity index (χ0v) is 15.7. The molecule has 1 aromatic carbocycles. The molecule has 0 bridgehead atoms. The van der Waals surface area contributed by atoms with Gasteiger partial charge in [0, 0.05) is 18.8 Å². The predicted molar refractivity (Wildman–Crippen MR) is 94.7 cm³/mol. The maximum atomic E-state index is 10.8. The van der Waals surface area contributed by atoms with E-state index in [1.807, 2.05) is 17.1 Å². The van der Waals surface area contributed by atoms with Gasteiger partial charge in [-0.1, -0.05) is 32.9 Å². The predicted octanol–water partition coefficient (Wildman–Crippen LogP) is 3.55. The molecule has 0 radical (unpaired) electrons. The normalized spacial score (nSPS) is 16.9. The lowest BCUT2D eigenvalue weighted by atomic mass is 10.0. The Hall–Kier alpha value is -1.37. The molecule has 1 heterocycles. The third-order valence-corrected chi connectivity index (χ3v) is 9.36. The summed E-state index contributed by atoms with van der Waals surface area (Å²) in [5.74, 6) is -0.971. The van der Waals surface area contributed by atoms with Crippen LogP contribution in [0.15, 0.2) is 24.3 Å². The zero-order chi connectivity index (χ0) is 17.3. The molecule has 1 aromatic rings. The molecule has 0 spiro atoms. The van der Waals surface area contributed by atoms with Crippen LogP contribution in [0.3, 0.4) is 0 Å². The van der Waals surface area contributed by atoms with Crippen molar-refractivity contribution in [2.45, 2.75) is 45.5 Å². The summed E-state index contributed by atoms with van der Waals surface area (Å²) in [6, 6.07) is 8.14. The number of carbonyl (C=O) groups is 1. The first-order valence-corrected chi connectivity index (χ1v) is 11.0. The van der Waals surface area contributed by atoms with Gasteiger partial charge in [-0.3, -0.25) is 4.79 Å². The summed E-state index contributed by atoms with van der Waals surface area (Å²) in [7, 11) is -1.72. The third kappa shape index (κ3) is 4.56. The molecule has 5 nitrogen and oxygen atoms in total. The second kappa shape index (κ2) is 6.63. The third-order valence-electron chi connectivity index (χ3n) is 4.88. The minimum Gasteiger partial charge on any atom is -0.481 e. The smallest absolute Gasteiger partial charge is 0.309 e. The van der Waals surface area contributed by atoms with E-state index in [9.17, 15) is 4.79 Å². The molecule has 23 heavy (non-hydrogen) atoms. The number of hydrogen-bond donors (Lipinski definition) is 2. The van der Waals surface area contributed by atoms with Gasteiger partial charge >= 0.3 is 5.97 Å². The number of benzene rings is 1. The standard InChI is InChI=1S/C17H28N2O3Si/c1-17(2,3)23(4,5)22-12-13-6-8-15(9-7-13)18-19-10-14(11-19)16(20)21/h6-9,14,18H,10-12H2,1-5H3,(H,20,21). The van der Waals surface area contributed by atoms with Crippen molar-refractivity contribution in [3.05, 3.63) is 29.8 Å². The number of carboxylic acids is 1. The summed E-state index contributed by atoms with van der Waals surface area (Å²) < 4.78 is 6.22. The molecule has 6 heteroatoms. The Morgan fingerprint density at radius 3 is 2.35 bits per heavy atom. The maximum Gasteiger partial charge on any atom is 0.309 e. The Kier molecular flexibility index (Phi) is 5.18. The number of aliphatic carboxylic acids is 1. The molecule has 2 N–H and O–H groups in total. The van der Waals surface area contributed by atoms with E-state index in [0.29, 0.717) is 19.7 Å². The Balaban J connectivity index is 1.82. The monoisotopic (exact) mass is 336 g/mol. The van der Waals surface area contributed by atoms with Gasteiger partial charge in [0.1, 0.15) is 0 Å². The molecule has 1 aliphatic rings. The molecule has 0 saturated carbocycles. The molecule has 1 fully saturated rings. The topological polar surface area (TPSA) is 61.8 Å². The van der Waals surface area contributed by atoms with Crippen molar-refractivity contribution in [2.75, 3.05) is 18.5 Å². The maximum absolute atomic E-state index is 10.8. The Labute approximate surface area is 139 Å². The van der Waals surface area contributed by atoms with Crippen LogP contribution in [-0.4, -0.2) is 37.5 Å². The molecule has 128 valence electrons. The first-order chi connectivity index (χ1) is 10.6. The van der Waals surface area contributed by atoms with Gasteiger partial charge in [-0.05, 0) is 35.8 Å². The van der Waals surface area contributed by atoms with E-state index in [0.717, 1.165) is 11.3 Å². The molecule has 0 aromatic heterocycles. The number of hydrazine groups is 1. The van der Waals surface area contributed by atoms with E-state index < -0.39 is 14.3 Å². The first kappa shape index (κ1) is 18.0. The van der Waals surface area contributed by atoms with Crippen molar-refractivity contribution in [1.29, 1.82) is 0 Å². The van der Waals surface area contributed by atoms with Gasteiger partial charge in [0.05, 0.1) is 12.5 Å². The highest BCUT2D eigenvalue weighted by molar-refractivity contribution is 6.74. The van der Waals surface area contributed by atoms with Crippen molar-refractivity contribution in [2.24, 2.45) is 5.92 Å². The van der Waals surface area contributed by atoms with Crippen molar-refractivity contribution in [3.63, 3.8) is 0 Å². The molecule has 0 aliphatic carbocycles. The number of nitrogens with zero attached hydrogens (tertiary/aromatic N) is 1. The van der Waals surface area contributed by atoms with Crippen LogP contribution in [0, 0.1) is 5.92 Å². The van der Waals surface area contributed by atoms with E-state index in [-0.39, 0.29) is 11.0 Å². The van der Waals surface area contributed by atoms with E-state index >= 15 is 0 Å². The lowest BCUT2D eigenvalue weighted by Crippen LogP contribution is -2.52. The average molecular weight is 337 g/mol. The summed E-state index contributed by atoms with van der Waals surface area (Å²) in [6.45, 7) is 13.0. The first-order valence-electron chi connectivity index (χ1n) is 8.06. The van der Waals surface area contributed by atoms with Gasteiger partial charge in [-0.2, -0.15) is 0 Å². The molecule has 1 saturated heterocycles. The van der Waals surface area contributed by atoms with Crippen LogP contribution in [0.5, 0.6) is 0 Å². The van der Waals surface area contributed by atoms with Crippen LogP contribution in [-0.2, 0) is 15.8 Å². The molecule has 0 unspecified atom stereocenters. The van der Waals surface area contributed by atoms with E-state index in [2.05, 4.69) is 51.4 Å². The summed E-state index contributed by atoms with van der Waals surface area (Å²) >= 11 is 0. The van der Waals surface area contributed by atoms with Gasteiger partial charge in [-0.15, -0.1) is 0 Å². The van der Waals surface area contributed by atoms with Crippen LogP contribution in [0.2, 0.25) is 18.1 Å². The van der Waals surface area contributed by atoms with Crippen LogP contribution >= 0.6 is 0 Å². The van der Waals surface area contributed by atoms with Crippen LogP contribution in [0.25, 0.3) is 0 Å². The van der Waals surface area contributed by atoms with Crippen molar-refractivity contribution in [1.82, 2.24) is 5.01 Å². The fraction of sp³-hybridized carbons (Fsp3) is 0.588. The second-order valence-corrected chi connectivity index (χ2v) is 12.6. The highest BCUT2D eigenvalue weighted by atomic mass is 28.4. The molecule has 0 amide bonds. The lowest BCUT2D eigenvalue weighted by molar-refractivity contribution is -0.146. The molecule has 2 rings (SSSR count). The summed E-state index contributed by atoms with van der Waals surface area (Å²) in [5.41, 5.74) is 5.36. The summed E-state index contributed by atoms with van der Waals surface area (Å²) in [5, 5.41) is 11.0. The van der Waals surface area contributed by atoms with Crippen molar-refractivity contribution < 1.29 is 14.3 Å². The highest BCUT2D eigenvalue weighted by Crippen LogP contribution is 2.37. The molecular weight excluding hydrogens is 308 g/mol. The average Bonchev–Trinajstić information content (AvgIpc) is 2.39. The van der Waals surface area contributed by atoms with Gasteiger partial charge < -0.3 is 15.0 Å². The van der Waals surface area contributed by atoms with Gasteiger partial charge in [-0.25, -0.2) is 5.01 Å². The number of anilines is 1. The van der Waals surface area contributed by atoms with E-state index in [1.165, 1.54) is 0 Å². The molecule has 1 aliphatic heterocycles. The second-order valence-electron chi connectivity index (χ2n) is 7.80. The van der Waals surface area contributed by atoms with Gasteiger partial charge in [0.2, 0.25) is 0 Å². The molecule has 0 atom stereocenters. The fourth-order valence-electron chi connectivity index (χ4n) is 2.06. The SMILES string of the molecule is CC(C)(C)[Si](C)(C)OCc1ccc(NN2CC(C(=O)O)C2)cc1. The summed E-state index contributed by atoms with van der Waals surface area (Å²) in [6.07, 6.45) is 0.